The minimum Gasteiger partial charge on any atom is -0.339 e. The minimum atomic E-state index is -0.265. The largest absolute Gasteiger partial charge is 0.339 e. The average molecular weight is 288 g/mol. The molecule has 4 nitrogen and oxygen atoms in total. The Hall–Kier alpha value is -2.04. The third-order valence-corrected chi connectivity index (χ3v) is 4.02. The van der Waals surface area contributed by atoms with Gasteiger partial charge in [-0.15, -0.1) is 0 Å². The monoisotopic (exact) mass is 288 g/mol. The zero-order valence-electron chi connectivity index (χ0n) is 11.9. The second-order valence-electron chi connectivity index (χ2n) is 5.60. The third kappa shape index (κ3) is 3.01. The van der Waals surface area contributed by atoms with Crippen LogP contribution in [0.15, 0.2) is 22.7 Å². The molecular weight excluding hydrogens is 271 g/mol. The molecule has 0 atom stereocenters. The summed E-state index contributed by atoms with van der Waals surface area (Å²) in [5, 5.41) is 3.88. The van der Waals surface area contributed by atoms with Gasteiger partial charge in [0.1, 0.15) is 11.6 Å². The highest BCUT2D eigenvalue weighted by Gasteiger charge is 2.24. The van der Waals surface area contributed by atoms with Crippen LogP contribution in [0.1, 0.15) is 37.1 Å². The molecule has 1 aromatic heterocycles. The van der Waals surface area contributed by atoms with Gasteiger partial charge in [0.05, 0.1) is 6.42 Å². The molecule has 0 spiro atoms. The van der Waals surface area contributed by atoms with Crippen LogP contribution in [0.2, 0.25) is 0 Å². The number of rotatable bonds is 4. The van der Waals surface area contributed by atoms with Gasteiger partial charge in [0.15, 0.2) is 0 Å². The van der Waals surface area contributed by atoms with E-state index in [0.717, 1.165) is 25.7 Å². The second-order valence-corrected chi connectivity index (χ2v) is 5.60. The lowest BCUT2D eigenvalue weighted by molar-refractivity contribution is -0.122. The van der Waals surface area contributed by atoms with Crippen molar-refractivity contribution in [1.82, 2.24) is 10.1 Å². The number of hydrogen-bond acceptors (Lipinski definition) is 4. The highest BCUT2D eigenvalue weighted by atomic mass is 19.1. The number of carbonyl (C=O) groups excluding carboxylic acids is 1. The summed E-state index contributed by atoms with van der Waals surface area (Å²) in [5.74, 6) is 0.793. The normalized spacial score (nSPS) is 15.5. The summed E-state index contributed by atoms with van der Waals surface area (Å²) in [4.78, 5) is 16.3. The highest BCUT2D eigenvalue weighted by Crippen LogP contribution is 2.27. The van der Waals surface area contributed by atoms with Gasteiger partial charge in [-0.05, 0) is 43.5 Å². The first kappa shape index (κ1) is 13.9. The highest BCUT2D eigenvalue weighted by molar-refractivity contribution is 5.82. The number of carbonyl (C=O) groups is 1. The molecular formula is C16H17FN2O2. The Morgan fingerprint density at radius 2 is 2.14 bits per heavy atom. The van der Waals surface area contributed by atoms with Gasteiger partial charge < -0.3 is 4.52 Å². The maximum atomic E-state index is 13.3. The van der Waals surface area contributed by atoms with Crippen LogP contribution in [-0.4, -0.2) is 15.9 Å². The molecule has 21 heavy (non-hydrogen) atoms. The summed E-state index contributed by atoms with van der Waals surface area (Å²) in [5.41, 5.74) is 1.22. The predicted octanol–water partition coefficient (Wildman–Crippen LogP) is 3.49. The van der Waals surface area contributed by atoms with Gasteiger partial charge in [0.25, 0.3) is 0 Å². The van der Waals surface area contributed by atoms with Gasteiger partial charge in [-0.2, -0.15) is 4.98 Å². The first-order valence-corrected chi connectivity index (χ1v) is 7.25. The van der Waals surface area contributed by atoms with E-state index in [-0.39, 0.29) is 23.9 Å². The van der Waals surface area contributed by atoms with Gasteiger partial charge in [0, 0.05) is 11.5 Å². The Kier molecular flexibility index (Phi) is 3.82. The molecule has 0 N–H and O–H groups in total. The predicted molar refractivity (Wildman–Crippen MR) is 75.1 cm³/mol. The van der Waals surface area contributed by atoms with Crippen LogP contribution in [-0.2, 0) is 11.2 Å². The lowest BCUT2D eigenvalue weighted by Crippen LogP contribution is -2.13. The fourth-order valence-electron chi connectivity index (χ4n) is 2.77. The Balaban J connectivity index is 1.73. The summed E-state index contributed by atoms with van der Waals surface area (Å²) >= 11 is 0. The first-order chi connectivity index (χ1) is 10.1. The van der Waals surface area contributed by atoms with E-state index in [4.69, 9.17) is 4.52 Å². The zero-order chi connectivity index (χ0) is 14.8. The second kappa shape index (κ2) is 5.76. The van der Waals surface area contributed by atoms with Gasteiger partial charge in [-0.25, -0.2) is 4.39 Å². The molecule has 0 saturated heterocycles. The molecule has 0 bridgehead atoms. The summed E-state index contributed by atoms with van der Waals surface area (Å²) in [6.45, 7) is 1.68. The van der Waals surface area contributed by atoms with Crippen molar-refractivity contribution >= 4 is 5.78 Å². The number of halogens is 1. The Morgan fingerprint density at radius 1 is 1.38 bits per heavy atom. The van der Waals surface area contributed by atoms with E-state index in [1.165, 1.54) is 6.07 Å². The zero-order valence-corrected chi connectivity index (χ0v) is 11.9. The lowest BCUT2D eigenvalue weighted by atomic mass is 10.0. The van der Waals surface area contributed by atoms with Crippen molar-refractivity contribution in [1.29, 1.82) is 0 Å². The number of nitrogens with zero attached hydrogens (tertiary/aromatic N) is 2. The molecule has 0 radical (unpaired) electrons. The van der Waals surface area contributed by atoms with Crippen LogP contribution in [0.4, 0.5) is 4.39 Å². The molecule has 1 aromatic carbocycles. The molecule has 1 fully saturated rings. The molecule has 0 aliphatic heterocycles. The van der Waals surface area contributed by atoms with Crippen molar-refractivity contribution in [2.75, 3.05) is 0 Å². The van der Waals surface area contributed by atoms with E-state index in [9.17, 15) is 9.18 Å². The summed E-state index contributed by atoms with van der Waals surface area (Å²) in [6.07, 6.45) is 4.38. The van der Waals surface area contributed by atoms with Crippen LogP contribution in [0.3, 0.4) is 0 Å². The molecule has 1 aliphatic carbocycles. The maximum absolute atomic E-state index is 13.3. The smallest absolute Gasteiger partial charge is 0.234 e. The van der Waals surface area contributed by atoms with E-state index < -0.39 is 0 Å². The Bertz CT molecular complexity index is 660. The number of benzene rings is 1. The standard InChI is InChI=1S/C16H17FN2O2/c1-10-8-12(6-7-13(10)17)16-18-15(21-19-16)9-14(20)11-4-2-3-5-11/h6-8,11H,2-5,9H2,1H3. The summed E-state index contributed by atoms with van der Waals surface area (Å²) in [6, 6.07) is 4.66. The fourth-order valence-corrected chi connectivity index (χ4v) is 2.77. The Morgan fingerprint density at radius 3 is 2.86 bits per heavy atom. The van der Waals surface area contributed by atoms with Crippen molar-refractivity contribution in [3.8, 4) is 11.4 Å². The van der Waals surface area contributed by atoms with Crippen molar-refractivity contribution in [2.45, 2.75) is 39.0 Å². The summed E-state index contributed by atoms with van der Waals surface area (Å²) in [7, 11) is 0. The van der Waals surface area contributed by atoms with Crippen molar-refractivity contribution in [2.24, 2.45) is 5.92 Å². The van der Waals surface area contributed by atoms with E-state index in [0.29, 0.717) is 22.8 Å². The van der Waals surface area contributed by atoms with Gasteiger partial charge in [0.2, 0.25) is 11.7 Å². The molecule has 0 unspecified atom stereocenters. The number of hydrogen-bond donors (Lipinski definition) is 0. The van der Waals surface area contributed by atoms with Crippen LogP contribution in [0, 0.1) is 18.7 Å². The van der Waals surface area contributed by atoms with Crippen molar-refractivity contribution in [3.05, 3.63) is 35.5 Å². The molecule has 1 aliphatic rings. The average Bonchev–Trinajstić information content (AvgIpc) is 3.12. The number of aryl methyl sites for hydroxylation is 1. The quantitative estimate of drug-likeness (QED) is 0.864. The van der Waals surface area contributed by atoms with Crippen LogP contribution < -0.4 is 0 Å². The molecule has 1 heterocycles. The van der Waals surface area contributed by atoms with Crippen molar-refractivity contribution < 1.29 is 13.7 Å². The van der Waals surface area contributed by atoms with Crippen LogP contribution in [0.5, 0.6) is 0 Å². The van der Waals surface area contributed by atoms with E-state index in [2.05, 4.69) is 10.1 Å². The van der Waals surface area contributed by atoms with Gasteiger partial charge >= 0.3 is 0 Å². The molecule has 0 amide bonds. The topological polar surface area (TPSA) is 56.0 Å². The van der Waals surface area contributed by atoms with Gasteiger partial charge in [-0.1, -0.05) is 18.0 Å². The molecule has 2 aromatic rings. The van der Waals surface area contributed by atoms with Crippen LogP contribution >= 0.6 is 0 Å². The van der Waals surface area contributed by atoms with E-state index in [1.807, 2.05) is 0 Å². The molecule has 110 valence electrons. The van der Waals surface area contributed by atoms with E-state index in [1.54, 1.807) is 19.1 Å². The molecule has 5 heteroatoms. The lowest BCUT2D eigenvalue weighted by Gasteiger charge is -2.04. The number of ketones is 1. The molecule has 3 rings (SSSR count). The SMILES string of the molecule is Cc1cc(-c2noc(CC(=O)C3CCCC3)n2)ccc1F. The van der Waals surface area contributed by atoms with E-state index >= 15 is 0 Å². The Labute approximate surface area is 122 Å². The van der Waals surface area contributed by atoms with Crippen LogP contribution in [0.25, 0.3) is 11.4 Å². The van der Waals surface area contributed by atoms with Crippen molar-refractivity contribution in [3.63, 3.8) is 0 Å². The summed E-state index contributed by atoms with van der Waals surface area (Å²) < 4.78 is 18.4. The maximum Gasteiger partial charge on any atom is 0.234 e. The number of Topliss-reactive ketones (excluding diaryl/α,β-unsaturated/α-hetero) is 1. The fraction of sp³-hybridized carbons (Fsp3) is 0.438. The van der Waals surface area contributed by atoms with Gasteiger partial charge in [-0.3, -0.25) is 4.79 Å². The molecule has 1 saturated carbocycles. The minimum absolute atomic E-state index is 0.147. The number of aromatic nitrogens is 2. The third-order valence-electron chi connectivity index (χ3n) is 4.02. The first-order valence-electron chi connectivity index (χ1n) is 7.25.